The van der Waals surface area contributed by atoms with Gasteiger partial charge >= 0.3 is 0 Å². The average Bonchev–Trinajstić information content (AvgIpc) is 3.14. The summed E-state index contributed by atoms with van der Waals surface area (Å²) < 4.78 is 0.346. The molecule has 0 N–H and O–H groups in total. The summed E-state index contributed by atoms with van der Waals surface area (Å²) in [6.07, 6.45) is 12.2. The Morgan fingerprint density at radius 3 is 2.40 bits per heavy atom. The van der Waals surface area contributed by atoms with Crippen LogP contribution in [0.25, 0.3) is 0 Å². The third kappa shape index (κ3) is 3.08. The zero-order valence-electron chi connectivity index (χ0n) is 24.1. The van der Waals surface area contributed by atoms with E-state index >= 15 is 0 Å². The Morgan fingerprint density at radius 2 is 1.74 bits per heavy atom. The highest BCUT2D eigenvalue weighted by atomic mass is 32.2. The van der Waals surface area contributed by atoms with Crippen LogP contribution in [0.4, 0.5) is 0 Å². The second-order valence-electron chi connectivity index (χ2n) is 13.7. The van der Waals surface area contributed by atoms with Gasteiger partial charge in [-0.05, 0) is 129 Å². The van der Waals surface area contributed by atoms with Crippen LogP contribution in [0.5, 0.6) is 0 Å². The van der Waals surface area contributed by atoms with Crippen molar-refractivity contribution in [1.29, 1.82) is 0 Å². The summed E-state index contributed by atoms with van der Waals surface area (Å²) in [6, 6.07) is 0. The van der Waals surface area contributed by atoms with E-state index in [1.165, 1.54) is 74.0 Å². The summed E-state index contributed by atoms with van der Waals surface area (Å²) in [5, 5.41) is 0. The van der Waals surface area contributed by atoms with Gasteiger partial charge in [0.1, 0.15) is 0 Å². The van der Waals surface area contributed by atoms with Crippen LogP contribution in [-0.2, 0) is 0 Å². The first-order valence-corrected chi connectivity index (χ1v) is 16.5. The Morgan fingerprint density at radius 1 is 1.03 bits per heavy atom. The zero-order chi connectivity index (χ0) is 25.6. The molecule has 0 aromatic carbocycles. The van der Waals surface area contributed by atoms with Crippen molar-refractivity contribution in [3.05, 3.63) is 23.3 Å². The van der Waals surface area contributed by atoms with Crippen LogP contribution >= 0.6 is 24.0 Å². The van der Waals surface area contributed by atoms with Crippen molar-refractivity contribution in [2.24, 2.45) is 51.8 Å². The smallest absolute Gasteiger partial charge is 0.0259 e. The maximum Gasteiger partial charge on any atom is 0.0259 e. The van der Waals surface area contributed by atoms with Crippen LogP contribution in [0.15, 0.2) is 23.3 Å². The predicted molar refractivity (Wildman–Crippen MR) is 159 cm³/mol. The Balaban J connectivity index is 0.00000124. The fourth-order valence-electron chi connectivity index (χ4n) is 11.5. The van der Waals surface area contributed by atoms with Crippen molar-refractivity contribution in [2.45, 2.75) is 118 Å². The lowest BCUT2D eigenvalue weighted by Crippen LogP contribution is -2.64. The molecule has 0 nitrogen and oxygen atoms in total. The number of hydrogen-bond acceptors (Lipinski definition) is 2. The molecule has 1 aliphatic heterocycles. The highest BCUT2D eigenvalue weighted by Crippen LogP contribution is 2.88. The van der Waals surface area contributed by atoms with Gasteiger partial charge in [0, 0.05) is 15.0 Å². The minimum absolute atomic E-state index is 0.257. The van der Waals surface area contributed by atoms with Crippen molar-refractivity contribution < 1.29 is 0 Å². The van der Waals surface area contributed by atoms with Crippen LogP contribution in [0.1, 0.15) is 113 Å². The second-order valence-corrected chi connectivity index (χ2v) is 15.6. The van der Waals surface area contributed by atoms with E-state index in [-0.39, 0.29) is 5.41 Å². The van der Waals surface area contributed by atoms with Crippen LogP contribution in [-0.4, -0.2) is 15.4 Å². The van der Waals surface area contributed by atoms with Crippen LogP contribution in [0.3, 0.4) is 0 Å². The number of rotatable bonds is 2. The maximum atomic E-state index is 6.24. The molecule has 1 spiro atoms. The number of thioether (sulfide) groups is 1. The highest BCUT2D eigenvalue weighted by Gasteiger charge is 2.82. The third-order valence-corrected chi connectivity index (χ3v) is 16.1. The minimum Gasteiger partial charge on any atom is -0.154 e. The van der Waals surface area contributed by atoms with Crippen LogP contribution in [0.2, 0.25) is 0 Å². The van der Waals surface area contributed by atoms with E-state index in [0.717, 1.165) is 35.5 Å². The molecule has 6 rings (SSSR count). The van der Waals surface area contributed by atoms with Gasteiger partial charge in [-0.1, -0.05) is 71.5 Å². The molecule has 0 radical (unpaired) electrons. The number of allylic oxidation sites excluding steroid dienone is 3. The molecule has 0 amide bonds. The van der Waals surface area contributed by atoms with Gasteiger partial charge in [0.2, 0.25) is 0 Å². The fourth-order valence-corrected chi connectivity index (χ4v) is 14.0. The zero-order valence-corrected chi connectivity index (χ0v) is 25.7. The second kappa shape index (κ2) is 8.72. The lowest BCUT2D eigenvalue weighted by atomic mass is 9.48. The predicted octanol–water partition coefficient (Wildman–Crippen LogP) is 10.1. The minimum atomic E-state index is 0.257. The number of thiocarbonyl (C=S) groups is 1. The van der Waals surface area contributed by atoms with Gasteiger partial charge < -0.3 is 0 Å². The number of hydrogen-bond donors (Lipinski definition) is 0. The molecule has 1 heterocycles. The molecule has 196 valence electrons. The molecule has 1 saturated heterocycles. The molecule has 0 aromatic heterocycles. The summed E-state index contributed by atoms with van der Waals surface area (Å²) in [4.78, 5) is 1.44. The molecule has 5 fully saturated rings. The maximum absolute atomic E-state index is 6.24. The normalized spacial score (nSPS) is 52.6. The van der Waals surface area contributed by atoms with E-state index in [9.17, 15) is 0 Å². The van der Waals surface area contributed by atoms with Gasteiger partial charge in [-0.15, -0.1) is 0 Å². The molecule has 35 heavy (non-hydrogen) atoms. The highest BCUT2D eigenvalue weighted by molar-refractivity contribution is 8.00. The summed E-state index contributed by atoms with van der Waals surface area (Å²) in [5.41, 5.74) is 6.16. The van der Waals surface area contributed by atoms with E-state index in [1.54, 1.807) is 11.1 Å². The van der Waals surface area contributed by atoms with E-state index < -0.39 is 0 Å². The molecule has 2 heteroatoms. The topological polar surface area (TPSA) is 0 Å². The largest absolute Gasteiger partial charge is 0.154 e. The molecular formula is C33H52S2. The molecule has 0 aromatic rings. The fraction of sp³-hybridized carbons (Fsp3) is 0.848. The molecular weight excluding hydrogens is 460 g/mol. The van der Waals surface area contributed by atoms with Crippen molar-refractivity contribution in [3.63, 3.8) is 0 Å². The Labute approximate surface area is 226 Å². The third-order valence-electron chi connectivity index (χ3n) is 13.5. The lowest BCUT2D eigenvalue weighted by Gasteiger charge is -2.65. The first kappa shape index (κ1) is 26.5. The lowest BCUT2D eigenvalue weighted by molar-refractivity contribution is -0.0178. The Bertz CT molecular complexity index is 945. The molecule has 10 atom stereocenters. The Kier molecular flexibility index (Phi) is 6.61. The van der Waals surface area contributed by atoms with Gasteiger partial charge in [-0.25, -0.2) is 0 Å². The van der Waals surface area contributed by atoms with E-state index in [2.05, 4.69) is 59.9 Å². The van der Waals surface area contributed by atoms with Crippen LogP contribution in [0, 0.1) is 51.8 Å². The quantitative estimate of drug-likeness (QED) is 0.337. The SMILES string of the molecule is C=C1CC(C2(C)C3CCC4C5CSC6(C)C(C)CCC(=S)C6(C)C5CCC432)CC(C)=C1CC.CC. The monoisotopic (exact) mass is 512 g/mol. The van der Waals surface area contributed by atoms with Gasteiger partial charge in [0.15, 0.2) is 0 Å². The van der Waals surface area contributed by atoms with E-state index in [4.69, 9.17) is 12.2 Å². The van der Waals surface area contributed by atoms with Gasteiger partial charge in [-0.2, -0.15) is 11.8 Å². The van der Waals surface area contributed by atoms with Crippen molar-refractivity contribution in [3.8, 4) is 0 Å². The summed E-state index contributed by atoms with van der Waals surface area (Å²) >= 11 is 8.58. The summed E-state index contributed by atoms with van der Waals surface area (Å²) in [5.74, 6) is 6.67. The summed E-state index contributed by atoms with van der Waals surface area (Å²) in [6.45, 7) is 23.8. The summed E-state index contributed by atoms with van der Waals surface area (Å²) in [7, 11) is 0. The van der Waals surface area contributed by atoms with E-state index in [0.29, 0.717) is 15.6 Å². The van der Waals surface area contributed by atoms with Gasteiger partial charge in [-0.3, -0.25) is 0 Å². The molecule has 6 aliphatic rings. The van der Waals surface area contributed by atoms with Crippen molar-refractivity contribution in [1.82, 2.24) is 0 Å². The molecule has 5 aliphatic carbocycles. The van der Waals surface area contributed by atoms with Crippen LogP contribution < -0.4 is 0 Å². The molecule has 4 saturated carbocycles. The van der Waals surface area contributed by atoms with Crippen molar-refractivity contribution in [2.75, 3.05) is 5.75 Å². The average molecular weight is 513 g/mol. The van der Waals surface area contributed by atoms with Crippen molar-refractivity contribution >= 4 is 28.8 Å². The first-order valence-electron chi connectivity index (χ1n) is 15.1. The van der Waals surface area contributed by atoms with Gasteiger partial charge in [0.05, 0.1) is 0 Å². The first-order chi connectivity index (χ1) is 16.6. The van der Waals surface area contributed by atoms with E-state index in [1.807, 2.05) is 13.8 Å². The Hall–Kier alpha value is -0.0800. The number of fused-ring (bicyclic) bond motifs is 4. The molecule has 0 bridgehead atoms. The standard InChI is InChI=1S/C31H46S2.C2H6/c1-8-22-18(2)15-21(16-19(22)3)28(5)26-11-10-25-23-17-33-30(7)20(4)9-12-27(32)29(30,6)24(23)13-14-31(25,26)28;1-2/h20-21,23-26H,2,8-17H2,1,3-7H3;1-2H3. The van der Waals surface area contributed by atoms with Gasteiger partial charge in [0.25, 0.3) is 0 Å². The molecule has 10 unspecified atom stereocenters.